The summed E-state index contributed by atoms with van der Waals surface area (Å²) < 4.78 is 0. The van der Waals surface area contributed by atoms with E-state index in [-0.39, 0.29) is 11.3 Å². The lowest BCUT2D eigenvalue weighted by atomic mass is 10.2. The van der Waals surface area contributed by atoms with Gasteiger partial charge in [-0.15, -0.1) is 0 Å². The number of phenols is 1. The zero-order valence-corrected chi connectivity index (χ0v) is 11.6. The summed E-state index contributed by atoms with van der Waals surface area (Å²) in [7, 11) is 0. The van der Waals surface area contributed by atoms with Crippen LogP contribution < -0.4 is 10.6 Å². The minimum atomic E-state index is -1.24. The van der Waals surface area contributed by atoms with Gasteiger partial charge >= 0.3 is 12.0 Å². The second kappa shape index (κ2) is 6.94. The van der Waals surface area contributed by atoms with E-state index in [0.29, 0.717) is 12.2 Å². The molecular formula is C14H19N3O4. The molecule has 0 bridgehead atoms. The third-order valence-corrected chi connectivity index (χ3v) is 3.40. The van der Waals surface area contributed by atoms with E-state index in [9.17, 15) is 14.7 Å². The van der Waals surface area contributed by atoms with Crippen LogP contribution in [0.5, 0.6) is 5.75 Å². The molecule has 2 amide bonds. The Bertz CT molecular complexity index is 527. The first-order valence-corrected chi connectivity index (χ1v) is 6.90. The number of carboxylic acid groups (broad SMARTS) is 1. The molecule has 1 aliphatic heterocycles. The maximum Gasteiger partial charge on any atom is 0.339 e. The molecule has 21 heavy (non-hydrogen) atoms. The normalized spacial score (nSPS) is 14.9. The van der Waals surface area contributed by atoms with E-state index in [1.165, 1.54) is 31.0 Å². The molecule has 0 aliphatic carbocycles. The average molecular weight is 293 g/mol. The van der Waals surface area contributed by atoms with Crippen LogP contribution in [0.2, 0.25) is 0 Å². The SMILES string of the molecule is O=C(NCCN1CCCC1)Nc1ccc(O)c(C(=O)O)c1. The standard InChI is InChI=1S/C14H19N3O4/c18-12-4-3-10(9-11(12)13(19)20)16-14(21)15-5-8-17-6-1-2-7-17/h3-4,9,18H,1-2,5-8H2,(H,19,20)(H2,15,16,21). The molecule has 0 aromatic heterocycles. The van der Waals surface area contributed by atoms with Crippen LogP contribution in [0.15, 0.2) is 18.2 Å². The number of carboxylic acids is 1. The van der Waals surface area contributed by atoms with Crippen molar-refractivity contribution in [3.05, 3.63) is 23.8 Å². The highest BCUT2D eigenvalue weighted by atomic mass is 16.4. The molecule has 7 nitrogen and oxygen atoms in total. The summed E-state index contributed by atoms with van der Waals surface area (Å²) in [5, 5.41) is 23.5. The molecule has 1 heterocycles. The Morgan fingerprint density at radius 3 is 2.62 bits per heavy atom. The fourth-order valence-corrected chi connectivity index (χ4v) is 2.29. The van der Waals surface area contributed by atoms with Crippen LogP contribution in [-0.4, -0.2) is 53.3 Å². The lowest BCUT2D eigenvalue weighted by Gasteiger charge is -2.15. The van der Waals surface area contributed by atoms with Crippen molar-refractivity contribution >= 4 is 17.7 Å². The number of carbonyl (C=O) groups is 2. The molecule has 1 aromatic rings. The van der Waals surface area contributed by atoms with Crippen molar-refractivity contribution in [3.63, 3.8) is 0 Å². The Kier molecular flexibility index (Phi) is 4.99. The largest absolute Gasteiger partial charge is 0.507 e. The molecular weight excluding hydrogens is 274 g/mol. The molecule has 0 spiro atoms. The van der Waals surface area contributed by atoms with Gasteiger partial charge in [-0.2, -0.15) is 0 Å². The average Bonchev–Trinajstić information content (AvgIpc) is 2.94. The summed E-state index contributed by atoms with van der Waals surface area (Å²) in [5.41, 5.74) is 0.0775. The highest BCUT2D eigenvalue weighted by molar-refractivity contribution is 5.95. The van der Waals surface area contributed by atoms with Gasteiger partial charge in [-0.3, -0.25) is 0 Å². The minimum absolute atomic E-state index is 0.245. The van der Waals surface area contributed by atoms with Crippen LogP contribution in [0, 0.1) is 0 Å². The summed E-state index contributed by atoms with van der Waals surface area (Å²) in [6, 6.07) is 3.51. The molecule has 0 radical (unpaired) electrons. The van der Waals surface area contributed by atoms with Gasteiger partial charge in [0.2, 0.25) is 0 Å². The van der Waals surface area contributed by atoms with Crippen LogP contribution in [0.1, 0.15) is 23.2 Å². The van der Waals surface area contributed by atoms with E-state index in [0.717, 1.165) is 19.6 Å². The number of likely N-dealkylation sites (tertiary alicyclic amines) is 1. The van der Waals surface area contributed by atoms with Crippen molar-refractivity contribution in [3.8, 4) is 5.75 Å². The van der Waals surface area contributed by atoms with Gasteiger partial charge in [0.1, 0.15) is 11.3 Å². The highest BCUT2D eigenvalue weighted by Gasteiger charge is 2.13. The quantitative estimate of drug-likeness (QED) is 0.613. The van der Waals surface area contributed by atoms with Crippen molar-refractivity contribution in [1.29, 1.82) is 0 Å². The van der Waals surface area contributed by atoms with Crippen molar-refractivity contribution in [2.75, 3.05) is 31.5 Å². The summed E-state index contributed by atoms with van der Waals surface area (Å²) in [4.78, 5) is 24.9. The Labute approximate surface area is 122 Å². The van der Waals surface area contributed by atoms with Crippen molar-refractivity contribution < 1.29 is 19.8 Å². The molecule has 114 valence electrons. The molecule has 2 rings (SSSR count). The van der Waals surface area contributed by atoms with Gasteiger partial charge in [0.25, 0.3) is 0 Å². The number of nitrogens with zero attached hydrogens (tertiary/aromatic N) is 1. The summed E-state index contributed by atoms with van der Waals surface area (Å²) >= 11 is 0. The van der Waals surface area contributed by atoms with E-state index in [2.05, 4.69) is 15.5 Å². The van der Waals surface area contributed by atoms with Crippen molar-refractivity contribution in [1.82, 2.24) is 10.2 Å². The van der Waals surface area contributed by atoms with Gasteiger partial charge in [-0.25, -0.2) is 9.59 Å². The number of carbonyl (C=O) groups excluding carboxylic acids is 1. The summed E-state index contributed by atoms with van der Waals surface area (Å²) in [5.74, 6) is -1.58. The monoisotopic (exact) mass is 293 g/mol. The van der Waals surface area contributed by atoms with E-state index in [1.54, 1.807) is 0 Å². The summed E-state index contributed by atoms with van der Waals surface area (Å²) in [6.45, 7) is 3.49. The fourth-order valence-electron chi connectivity index (χ4n) is 2.29. The number of urea groups is 1. The van der Waals surface area contributed by atoms with Gasteiger partial charge in [-0.05, 0) is 44.1 Å². The molecule has 1 aromatic carbocycles. The van der Waals surface area contributed by atoms with Gasteiger partial charge in [0, 0.05) is 18.8 Å². The molecule has 0 unspecified atom stereocenters. The zero-order chi connectivity index (χ0) is 15.2. The first-order chi connectivity index (χ1) is 10.1. The third-order valence-electron chi connectivity index (χ3n) is 3.40. The molecule has 0 atom stereocenters. The van der Waals surface area contributed by atoms with Gasteiger partial charge in [0.05, 0.1) is 0 Å². The molecule has 4 N–H and O–H groups in total. The number of aromatic carboxylic acids is 1. The maximum atomic E-state index is 11.7. The minimum Gasteiger partial charge on any atom is -0.507 e. The van der Waals surface area contributed by atoms with Crippen LogP contribution >= 0.6 is 0 Å². The molecule has 7 heteroatoms. The molecule has 1 saturated heterocycles. The number of anilines is 1. The van der Waals surface area contributed by atoms with Gasteiger partial charge in [-0.1, -0.05) is 0 Å². The Hall–Kier alpha value is -2.28. The van der Waals surface area contributed by atoms with E-state index < -0.39 is 12.0 Å². The number of hydrogen-bond acceptors (Lipinski definition) is 4. The lowest BCUT2D eigenvalue weighted by Crippen LogP contribution is -2.35. The Morgan fingerprint density at radius 2 is 1.95 bits per heavy atom. The predicted molar refractivity (Wildman–Crippen MR) is 77.8 cm³/mol. The van der Waals surface area contributed by atoms with Crippen LogP contribution in [0.4, 0.5) is 10.5 Å². The topological polar surface area (TPSA) is 102 Å². The van der Waals surface area contributed by atoms with Crippen LogP contribution in [0.3, 0.4) is 0 Å². The summed E-state index contributed by atoms with van der Waals surface area (Å²) in [6.07, 6.45) is 2.41. The highest BCUT2D eigenvalue weighted by Crippen LogP contribution is 2.21. The number of rotatable bonds is 5. The van der Waals surface area contributed by atoms with E-state index in [4.69, 9.17) is 5.11 Å². The number of aromatic hydroxyl groups is 1. The number of nitrogens with one attached hydrogen (secondary N) is 2. The number of benzene rings is 1. The van der Waals surface area contributed by atoms with Gasteiger partial charge in [0.15, 0.2) is 0 Å². The fraction of sp³-hybridized carbons (Fsp3) is 0.429. The van der Waals surface area contributed by atoms with Gasteiger partial charge < -0.3 is 25.7 Å². The first-order valence-electron chi connectivity index (χ1n) is 6.90. The predicted octanol–water partition coefficient (Wildman–Crippen LogP) is 1.31. The lowest BCUT2D eigenvalue weighted by molar-refractivity contribution is 0.0693. The third kappa shape index (κ3) is 4.35. The maximum absolute atomic E-state index is 11.7. The molecule has 1 aliphatic rings. The van der Waals surface area contributed by atoms with E-state index >= 15 is 0 Å². The number of hydrogen-bond donors (Lipinski definition) is 4. The van der Waals surface area contributed by atoms with Crippen LogP contribution in [0.25, 0.3) is 0 Å². The van der Waals surface area contributed by atoms with Crippen molar-refractivity contribution in [2.45, 2.75) is 12.8 Å². The first kappa shape index (κ1) is 15.1. The molecule has 0 saturated carbocycles. The Balaban J connectivity index is 1.81. The number of amides is 2. The second-order valence-corrected chi connectivity index (χ2v) is 4.97. The smallest absolute Gasteiger partial charge is 0.339 e. The van der Waals surface area contributed by atoms with E-state index in [1.807, 2.05) is 0 Å². The second-order valence-electron chi connectivity index (χ2n) is 4.97. The zero-order valence-electron chi connectivity index (χ0n) is 11.6. The Morgan fingerprint density at radius 1 is 1.24 bits per heavy atom. The van der Waals surface area contributed by atoms with Crippen molar-refractivity contribution in [2.24, 2.45) is 0 Å². The molecule has 1 fully saturated rings. The van der Waals surface area contributed by atoms with Crippen LogP contribution in [-0.2, 0) is 0 Å².